The standard InChI is InChI=1S/C26H36ClN7/c1-26(21-9-4-8-20(32(21)3)24-19(27)7-6-14-29-24)25(28)34-22(30-26)10-5-11-23(34)33-15-17-12-13-18(16-33)31(17)2/h5-7,10-11,14,17-18,20-21,25H,4,8-9,12-13,15-16,28H2,1-3H3/t17?,18?,20-,21+,25?,26?/m0/s1. The lowest BCUT2D eigenvalue weighted by molar-refractivity contribution is 0.0365. The summed E-state index contributed by atoms with van der Waals surface area (Å²) in [4.78, 5) is 19.8. The first-order chi connectivity index (χ1) is 16.4. The number of allylic oxidation sites excluding steroid dienone is 2. The molecular formula is C26H36ClN7. The Hall–Kier alpha value is -1.93. The zero-order chi connectivity index (χ0) is 23.6. The van der Waals surface area contributed by atoms with Crippen LogP contribution in [0.15, 0.2) is 47.4 Å². The van der Waals surface area contributed by atoms with E-state index in [-0.39, 0.29) is 18.2 Å². The van der Waals surface area contributed by atoms with E-state index in [4.69, 9.17) is 22.3 Å². The molecule has 2 N–H and O–H groups in total. The molecule has 3 fully saturated rings. The third kappa shape index (κ3) is 3.35. The largest absolute Gasteiger partial charge is 0.355 e. The van der Waals surface area contributed by atoms with Crippen LogP contribution in [0.25, 0.3) is 0 Å². The number of amidine groups is 1. The second kappa shape index (κ2) is 8.33. The summed E-state index contributed by atoms with van der Waals surface area (Å²) in [6, 6.07) is 5.48. The average molecular weight is 482 g/mol. The van der Waals surface area contributed by atoms with Crippen molar-refractivity contribution in [3.63, 3.8) is 0 Å². The molecular weight excluding hydrogens is 446 g/mol. The smallest absolute Gasteiger partial charge is 0.131 e. The van der Waals surface area contributed by atoms with Crippen LogP contribution in [0.1, 0.15) is 50.8 Å². The molecule has 4 unspecified atom stereocenters. The number of nitrogens with two attached hydrogens (primary N) is 1. The Morgan fingerprint density at radius 2 is 1.85 bits per heavy atom. The van der Waals surface area contributed by atoms with Gasteiger partial charge in [0.1, 0.15) is 23.4 Å². The molecule has 5 aliphatic rings. The van der Waals surface area contributed by atoms with Gasteiger partial charge >= 0.3 is 0 Å². The Balaban J connectivity index is 1.28. The molecule has 0 aliphatic carbocycles. The summed E-state index contributed by atoms with van der Waals surface area (Å²) in [6.45, 7) is 4.36. The van der Waals surface area contributed by atoms with Crippen LogP contribution in [0.2, 0.25) is 5.02 Å². The van der Waals surface area contributed by atoms with Crippen LogP contribution in [-0.2, 0) is 0 Å². The van der Waals surface area contributed by atoms with Crippen molar-refractivity contribution >= 4 is 17.4 Å². The second-order valence-electron chi connectivity index (χ2n) is 10.8. The molecule has 1 aromatic rings. The van der Waals surface area contributed by atoms with Crippen molar-refractivity contribution in [3.05, 3.63) is 53.1 Å². The highest BCUT2D eigenvalue weighted by Gasteiger charge is 2.53. The highest BCUT2D eigenvalue weighted by atomic mass is 35.5. The Morgan fingerprint density at radius 1 is 1.09 bits per heavy atom. The van der Waals surface area contributed by atoms with Gasteiger partial charge in [-0.1, -0.05) is 17.7 Å². The first kappa shape index (κ1) is 22.5. The van der Waals surface area contributed by atoms with Crippen molar-refractivity contribution in [2.75, 3.05) is 27.2 Å². The van der Waals surface area contributed by atoms with Gasteiger partial charge in [0.15, 0.2) is 0 Å². The first-order valence-electron chi connectivity index (χ1n) is 12.7. The number of rotatable bonds is 3. The van der Waals surface area contributed by atoms with E-state index in [0.29, 0.717) is 12.1 Å². The average Bonchev–Trinajstić information content (AvgIpc) is 3.19. The van der Waals surface area contributed by atoms with E-state index in [2.05, 4.69) is 63.8 Å². The van der Waals surface area contributed by atoms with Crippen LogP contribution in [-0.4, -0.2) is 87.4 Å². The molecule has 7 nitrogen and oxygen atoms in total. The highest BCUT2D eigenvalue weighted by molar-refractivity contribution is 6.31. The Morgan fingerprint density at radius 3 is 2.59 bits per heavy atom. The number of piperazine rings is 1. The fraction of sp³-hybridized carbons (Fsp3) is 0.615. The van der Waals surface area contributed by atoms with E-state index in [0.717, 1.165) is 48.9 Å². The number of aromatic nitrogens is 1. The molecule has 2 bridgehead atoms. The van der Waals surface area contributed by atoms with Gasteiger partial charge in [0, 0.05) is 37.4 Å². The minimum atomic E-state index is -0.427. The predicted molar refractivity (Wildman–Crippen MR) is 136 cm³/mol. The van der Waals surface area contributed by atoms with Gasteiger partial charge in [-0.25, -0.2) is 0 Å². The Kier molecular flexibility index (Phi) is 5.52. The SMILES string of the molecule is CN1C2CCC1CN(C1=CC=CC3=NC(C)([C@H]4CCC[C@@H](c5ncccc5Cl)N4C)C(N)N13)C2. The molecule has 6 atom stereocenters. The number of pyridine rings is 1. The number of hydrogen-bond acceptors (Lipinski definition) is 7. The maximum Gasteiger partial charge on any atom is 0.131 e. The number of piperidine rings is 1. The summed E-state index contributed by atoms with van der Waals surface area (Å²) < 4.78 is 0. The maximum absolute atomic E-state index is 7.12. The Bertz CT molecular complexity index is 1040. The summed E-state index contributed by atoms with van der Waals surface area (Å²) in [5.41, 5.74) is 7.65. The van der Waals surface area contributed by atoms with Crippen LogP contribution in [0.4, 0.5) is 0 Å². The lowest BCUT2D eigenvalue weighted by Gasteiger charge is -2.49. The van der Waals surface area contributed by atoms with E-state index in [1.54, 1.807) is 0 Å². The van der Waals surface area contributed by atoms with Gasteiger partial charge < -0.3 is 10.6 Å². The van der Waals surface area contributed by atoms with Gasteiger partial charge in [-0.05, 0) is 77.4 Å². The van der Waals surface area contributed by atoms with Crippen molar-refractivity contribution < 1.29 is 0 Å². The van der Waals surface area contributed by atoms with Crippen molar-refractivity contribution in [3.8, 4) is 0 Å². The lowest BCUT2D eigenvalue weighted by atomic mass is 9.81. The normalized spacial score (nSPS) is 38.2. The summed E-state index contributed by atoms with van der Waals surface area (Å²) in [7, 11) is 4.48. The molecule has 6 heterocycles. The number of fused-ring (bicyclic) bond motifs is 3. The number of halogens is 1. The molecule has 0 saturated carbocycles. The van der Waals surface area contributed by atoms with E-state index < -0.39 is 5.54 Å². The number of aliphatic imine (C=N–C) groups is 1. The molecule has 6 rings (SSSR count). The lowest BCUT2D eigenvalue weighted by Crippen LogP contribution is -2.63. The number of likely N-dealkylation sites (N-methyl/N-ethyl adjacent to an activating group) is 2. The molecule has 1 aromatic heterocycles. The van der Waals surface area contributed by atoms with Gasteiger partial charge in [-0.15, -0.1) is 0 Å². The zero-order valence-corrected chi connectivity index (χ0v) is 21.2. The van der Waals surface area contributed by atoms with Crippen LogP contribution in [0.3, 0.4) is 0 Å². The molecule has 3 saturated heterocycles. The molecule has 0 amide bonds. The van der Waals surface area contributed by atoms with E-state index in [9.17, 15) is 0 Å². The van der Waals surface area contributed by atoms with Crippen LogP contribution in [0.5, 0.6) is 0 Å². The van der Waals surface area contributed by atoms with Gasteiger partial charge in [0.05, 0.1) is 16.8 Å². The monoisotopic (exact) mass is 481 g/mol. The quantitative estimate of drug-likeness (QED) is 0.715. The third-order valence-electron chi connectivity index (χ3n) is 9.10. The molecule has 182 valence electrons. The van der Waals surface area contributed by atoms with Crippen molar-refractivity contribution in [2.24, 2.45) is 10.7 Å². The van der Waals surface area contributed by atoms with Crippen LogP contribution in [0, 0.1) is 0 Å². The fourth-order valence-electron chi connectivity index (χ4n) is 7.09. The van der Waals surface area contributed by atoms with E-state index in [1.165, 1.54) is 18.7 Å². The summed E-state index contributed by atoms with van der Waals surface area (Å²) in [6.07, 6.45) is 13.9. The summed E-state index contributed by atoms with van der Waals surface area (Å²) >= 11 is 6.56. The molecule has 0 spiro atoms. The molecule has 0 radical (unpaired) electrons. The number of hydrogen-bond donors (Lipinski definition) is 1. The summed E-state index contributed by atoms with van der Waals surface area (Å²) in [5.74, 6) is 2.20. The third-order valence-corrected chi connectivity index (χ3v) is 9.42. The van der Waals surface area contributed by atoms with E-state index in [1.807, 2.05) is 18.3 Å². The highest BCUT2D eigenvalue weighted by Crippen LogP contribution is 2.44. The number of nitrogens with zero attached hydrogens (tertiary/aromatic N) is 6. The second-order valence-corrected chi connectivity index (χ2v) is 11.3. The van der Waals surface area contributed by atoms with E-state index >= 15 is 0 Å². The summed E-state index contributed by atoms with van der Waals surface area (Å²) in [5, 5.41) is 0.738. The molecule has 0 aromatic carbocycles. The van der Waals surface area contributed by atoms with Crippen LogP contribution < -0.4 is 5.73 Å². The fourth-order valence-corrected chi connectivity index (χ4v) is 7.33. The molecule has 5 aliphatic heterocycles. The van der Waals surface area contributed by atoms with Crippen molar-refractivity contribution in [1.29, 1.82) is 0 Å². The van der Waals surface area contributed by atoms with Gasteiger partial charge in [0.2, 0.25) is 0 Å². The minimum absolute atomic E-state index is 0.174. The van der Waals surface area contributed by atoms with Crippen molar-refractivity contribution in [1.82, 2.24) is 24.6 Å². The predicted octanol–water partition coefficient (Wildman–Crippen LogP) is 3.21. The Labute approximate surface area is 207 Å². The first-order valence-corrected chi connectivity index (χ1v) is 13.1. The van der Waals surface area contributed by atoms with Gasteiger partial charge in [-0.2, -0.15) is 0 Å². The number of likely N-dealkylation sites (tertiary alicyclic amines) is 2. The van der Waals surface area contributed by atoms with Crippen LogP contribution >= 0.6 is 11.6 Å². The van der Waals surface area contributed by atoms with Gasteiger partial charge in [0.25, 0.3) is 0 Å². The van der Waals surface area contributed by atoms with Crippen molar-refractivity contribution in [2.45, 2.75) is 74.9 Å². The van der Waals surface area contributed by atoms with Gasteiger partial charge in [-0.3, -0.25) is 24.7 Å². The maximum atomic E-state index is 7.12. The minimum Gasteiger partial charge on any atom is -0.355 e. The zero-order valence-electron chi connectivity index (χ0n) is 20.4. The molecule has 34 heavy (non-hydrogen) atoms. The molecule has 8 heteroatoms. The topological polar surface area (TPSA) is 64.2 Å².